The minimum absolute atomic E-state index is 0.00257. The molecule has 1 aliphatic rings. The average molecular weight is 576 g/mol. The molecule has 1 fully saturated rings. The van der Waals surface area contributed by atoms with Crippen LogP contribution in [0.2, 0.25) is 5.02 Å². The molecule has 0 radical (unpaired) electrons. The van der Waals surface area contributed by atoms with Crippen molar-refractivity contribution in [2.45, 2.75) is 36.3 Å². The quantitative estimate of drug-likeness (QED) is 0.371. The number of hydrogen-bond acceptors (Lipinski definition) is 6. The van der Waals surface area contributed by atoms with Gasteiger partial charge >= 0.3 is 0 Å². The Bertz CT molecular complexity index is 1270. The van der Waals surface area contributed by atoms with E-state index in [1.165, 1.54) is 18.6 Å². The van der Waals surface area contributed by atoms with E-state index < -0.39 is 20.7 Å². The molecule has 0 aliphatic heterocycles. The van der Waals surface area contributed by atoms with Crippen LogP contribution in [0.1, 0.15) is 19.3 Å². The summed E-state index contributed by atoms with van der Waals surface area (Å²) in [6, 6.07) is 3.28. The lowest BCUT2D eigenvalue weighted by atomic mass is 9.78. The second-order valence-corrected chi connectivity index (χ2v) is 11.4. The fourth-order valence-corrected chi connectivity index (χ4v) is 5.90. The minimum atomic E-state index is -4.28. The largest absolute Gasteiger partial charge is 0.487 e. The number of sulfonamides is 1. The van der Waals surface area contributed by atoms with Gasteiger partial charge in [0.1, 0.15) is 34.7 Å². The van der Waals surface area contributed by atoms with E-state index >= 15 is 0 Å². The Labute approximate surface area is 225 Å². The third-order valence-corrected chi connectivity index (χ3v) is 8.34. The van der Waals surface area contributed by atoms with Gasteiger partial charge in [0, 0.05) is 18.3 Å². The number of benzene rings is 1. The summed E-state index contributed by atoms with van der Waals surface area (Å²) < 4.78 is 48.7. The Balaban J connectivity index is 1.83. The first-order valence-corrected chi connectivity index (χ1v) is 13.5. The average Bonchev–Trinajstić information content (AvgIpc) is 2.82. The number of rotatable bonds is 9. The molecule has 36 heavy (non-hydrogen) atoms. The molecule has 0 unspecified atom stereocenters. The molecule has 1 heterocycles. The van der Waals surface area contributed by atoms with E-state index in [1.54, 1.807) is 6.08 Å². The van der Waals surface area contributed by atoms with Crippen molar-refractivity contribution in [3.63, 3.8) is 0 Å². The summed E-state index contributed by atoms with van der Waals surface area (Å²) in [5.41, 5.74) is 0.816. The molecule has 1 N–H and O–H groups in total. The van der Waals surface area contributed by atoms with E-state index in [4.69, 9.17) is 39.5 Å². The zero-order valence-electron chi connectivity index (χ0n) is 19.7. The maximum Gasteiger partial charge on any atom is 0.266 e. The highest BCUT2D eigenvalue weighted by Crippen LogP contribution is 2.39. The second-order valence-electron chi connectivity index (χ2n) is 8.49. The van der Waals surface area contributed by atoms with Crippen molar-refractivity contribution in [1.82, 2.24) is 14.9 Å². The van der Waals surface area contributed by atoms with Gasteiger partial charge in [-0.15, -0.1) is 0 Å². The van der Waals surface area contributed by atoms with E-state index in [9.17, 15) is 12.8 Å². The van der Waals surface area contributed by atoms with Crippen molar-refractivity contribution in [1.29, 1.82) is 0 Å². The standard InChI is InChI=1S/C24H26Cl3FN4O3S/c1-5-16(24(27)14(2)25)15-6-7-20(19(10-15)32(3)4)35-21-12-18(28)22(11-17(21)26)36(33,34)31-23-8-9-29-13-30-23/h5,8-9,11-13,15,19-20H,1-2,6-7,10H2,3-4H3,(H,29,30,31)/b24-16-/t15-,19-,20-/m0/s1. The summed E-state index contributed by atoms with van der Waals surface area (Å²) in [5, 5.41) is 0.594. The smallest absolute Gasteiger partial charge is 0.266 e. The van der Waals surface area contributed by atoms with Gasteiger partial charge in [-0.25, -0.2) is 22.8 Å². The Kier molecular flexibility index (Phi) is 9.40. The number of anilines is 1. The zero-order chi connectivity index (χ0) is 26.6. The zero-order valence-corrected chi connectivity index (χ0v) is 22.8. The van der Waals surface area contributed by atoms with Crippen molar-refractivity contribution >= 4 is 50.6 Å². The molecule has 1 aliphatic carbocycles. The normalized spacial score (nSPS) is 21.0. The molecule has 7 nitrogen and oxygen atoms in total. The lowest BCUT2D eigenvalue weighted by molar-refractivity contribution is 0.0484. The monoisotopic (exact) mass is 574 g/mol. The second kappa shape index (κ2) is 11.9. The third-order valence-electron chi connectivity index (χ3n) is 5.94. The fraction of sp³-hybridized carbons (Fsp3) is 0.333. The Morgan fingerprint density at radius 3 is 2.61 bits per heavy atom. The van der Waals surface area contributed by atoms with Crippen LogP contribution in [0.25, 0.3) is 0 Å². The highest BCUT2D eigenvalue weighted by atomic mass is 35.5. The maximum atomic E-state index is 15.0. The van der Waals surface area contributed by atoms with Crippen molar-refractivity contribution in [3.05, 3.63) is 76.4 Å². The Morgan fingerprint density at radius 2 is 2.03 bits per heavy atom. The number of ether oxygens (including phenoxy) is 1. The van der Waals surface area contributed by atoms with E-state index in [0.29, 0.717) is 24.3 Å². The summed E-state index contributed by atoms with van der Waals surface area (Å²) in [6.45, 7) is 7.56. The van der Waals surface area contributed by atoms with Gasteiger partial charge in [0.15, 0.2) is 0 Å². The van der Waals surface area contributed by atoms with Gasteiger partial charge in [-0.1, -0.05) is 54.0 Å². The van der Waals surface area contributed by atoms with Crippen molar-refractivity contribution in [2.24, 2.45) is 5.92 Å². The van der Waals surface area contributed by atoms with Crippen molar-refractivity contribution in [3.8, 4) is 5.75 Å². The van der Waals surface area contributed by atoms with Crippen LogP contribution < -0.4 is 9.46 Å². The molecule has 0 bridgehead atoms. The van der Waals surface area contributed by atoms with Gasteiger partial charge in [0.05, 0.1) is 15.1 Å². The Morgan fingerprint density at radius 1 is 1.31 bits per heavy atom. The molecule has 2 aromatic rings. The molecule has 0 saturated heterocycles. The van der Waals surface area contributed by atoms with E-state index in [2.05, 4.69) is 27.8 Å². The van der Waals surface area contributed by atoms with Gasteiger partial charge in [-0.3, -0.25) is 4.72 Å². The first-order chi connectivity index (χ1) is 16.9. The number of halogens is 4. The maximum absolute atomic E-state index is 15.0. The molecular formula is C24H26Cl3FN4O3S. The van der Waals surface area contributed by atoms with Crippen LogP contribution in [-0.2, 0) is 10.0 Å². The molecule has 1 aromatic carbocycles. The lowest BCUT2D eigenvalue weighted by Crippen LogP contribution is -2.47. The number of nitrogens with one attached hydrogen (secondary N) is 1. The molecule has 194 valence electrons. The van der Waals surface area contributed by atoms with Crippen LogP contribution in [0.4, 0.5) is 10.2 Å². The minimum Gasteiger partial charge on any atom is -0.487 e. The van der Waals surface area contributed by atoms with E-state index in [0.717, 1.165) is 17.7 Å². The molecule has 3 rings (SSSR count). The van der Waals surface area contributed by atoms with Gasteiger partial charge in [-0.05, 0) is 57.0 Å². The predicted molar refractivity (Wildman–Crippen MR) is 142 cm³/mol. The van der Waals surface area contributed by atoms with Crippen molar-refractivity contribution in [2.75, 3.05) is 18.8 Å². The number of likely N-dealkylation sites (N-methyl/N-ethyl adjacent to an activating group) is 1. The third kappa shape index (κ3) is 6.58. The first-order valence-electron chi connectivity index (χ1n) is 10.9. The Hall–Kier alpha value is -2.17. The lowest BCUT2D eigenvalue weighted by Gasteiger charge is -2.40. The number of aromatic nitrogens is 2. The van der Waals surface area contributed by atoms with Gasteiger partial charge in [-0.2, -0.15) is 0 Å². The van der Waals surface area contributed by atoms with Gasteiger partial charge < -0.3 is 9.64 Å². The summed E-state index contributed by atoms with van der Waals surface area (Å²) >= 11 is 18.7. The van der Waals surface area contributed by atoms with Crippen LogP contribution in [-0.4, -0.2) is 49.5 Å². The number of allylic oxidation sites excluding steroid dienone is 4. The van der Waals surface area contributed by atoms with Crippen LogP contribution in [0, 0.1) is 11.7 Å². The first kappa shape index (κ1) is 28.4. The summed E-state index contributed by atoms with van der Waals surface area (Å²) in [7, 11) is -0.452. The number of hydrogen-bond donors (Lipinski definition) is 1. The predicted octanol–water partition coefficient (Wildman–Crippen LogP) is 5.98. The summed E-state index contributed by atoms with van der Waals surface area (Å²) in [5.74, 6) is -0.880. The molecule has 1 saturated carbocycles. The van der Waals surface area contributed by atoms with Crippen LogP contribution in [0.5, 0.6) is 5.75 Å². The SMILES string of the molecule is C=C/C(=C(/Cl)C(=C)Cl)[C@H]1CC[C@H](Oc2cc(F)c(S(=O)(=O)Nc3ccncn3)cc2Cl)[C@@H](N(C)C)C1. The van der Waals surface area contributed by atoms with Crippen molar-refractivity contribution < 1.29 is 17.5 Å². The summed E-state index contributed by atoms with van der Waals surface area (Å²) in [6.07, 6.45) is 5.88. The molecule has 1 aromatic heterocycles. The summed E-state index contributed by atoms with van der Waals surface area (Å²) in [4.78, 5) is 8.89. The molecule has 0 amide bonds. The molecular weight excluding hydrogens is 550 g/mol. The fourth-order valence-electron chi connectivity index (χ4n) is 4.19. The van der Waals surface area contributed by atoms with Gasteiger partial charge in [0.25, 0.3) is 10.0 Å². The van der Waals surface area contributed by atoms with Crippen LogP contribution in [0.3, 0.4) is 0 Å². The highest BCUT2D eigenvalue weighted by Gasteiger charge is 2.36. The van der Waals surface area contributed by atoms with E-state index in [1.807, 2.05) is 19.0 Å². The molecule has 12 heteroatoms. The molecule has 3 atom stereocenters. The topological polar surface area (TPSA) is 84.4 Å². The van der Waals surface area contributed by atoms with Crippen LogP contribution >= 0.6 is 34.8 Å². The van der Waals surface area contributed by atoms with Crippen LogP contribution in [0.15, 0.2) is 70.5 Å². The highest BCUT2D eigenvalue weighted by molar-refractivity contribution is 7.92. The van der Waals surface area contributed by atoms with Gasteiger partial charge in [0.2, 0.25) is 0 Å². The van der Waals surface area contributed by atoms with E-state index in [-0.39, 0.29) is 39.7 Å². The molecule has 0 spiro atoms. The number of nitrogens with zero attached hydrogens (tertiary/aromatic N) is 3.